The average Bonchev–Trinajstić information content (AvgIpc) is 2.86. The fraction of sp³-hybridized carbons (Fsp3) is 0.188. The van der Waals surface area contributed by atoms with Crippen molar-refractivity contribution >= 4 is 16.7 Å². The van der Waals surface area contributed by atoms with Crippen molar-refractivity contribution in [2.24, 2.45) is 0 Å². The van der Waals surface area contributed by atoms with Crippen molar-refractivity contribution in [2.75, 3.05) is 0 Å². The van der Waals surface area contributed by atoms with Gasteiger partial charge >= 0.3 is 0 Å². The molecule has 0 saturated heterocycles. The smallest absolute Gasteiger partial charge is 0.271 e. The van der Waals surface area contributed by atoms with Gasteiger partial charge in [-0.15, -0.1) is 0 Å². The zero-order valence-corrected chi connectivity index (χ0v) is 12.0. The first kappa shape index (κ1) is 14.2. The van der Waals surface area contributed by atoms with Crippen molar-refractivity contribution < 1.29 is 10.0 Å². The van der Waals surface area contributed by atoms with Gasteiger partial charge in [-0.05, 0) is 18.6 Å². The Kier molecular flexibility index (Phi) is 3.60. The van der Waals surface area contributed by atoms with Crippen LogP contribution in [0.1, 0.15) is 24.4 Å². The van der Waals surface area contributed by atoms with Gasteiger partial charge in [0.1, 0.15) is 11.9 Å². The number of nitro benzene ring substituents is 1. The standard InChI is InChI=1S/C16H15N3O3/c1-11(20)16-17-14-9-13(19(21)22)7-8-15(14)18(16)10-12-5-3-2-4-6-12/h2-9,11,20H,10H2,1H3/t11-/m0/s1. The van der Waals surface area contributed by atoms with Crippen molar-refractivity contribution in [3.05, 3.63) is 70.0 Å². The Hall–Kier alpha value is -2.73. The molecule has 1 heterocycles. The molecule has 0 bridgehead atoms. The maximum absolute atomic E-state index is 10.9. The van der Waals surface area contributed by atoms with Crippen LogP contribution < -0.4 is 0 Å². The molecule has 3 rings (SSSR count). The maximum atomic E-state index is 10.9. The first-order chi connectivity index (χ1) is 10.6. The fourth-order valence-corrected chi connectivity index (χ4v) is 2.50. The number of aliphatic hydroxyl groups is 1. The number of nitrogens with zero attached hydrogens (tertiary/aromatic N) is 3. The van der Waals surface area contributed by atoms with Crippen LogP contribution in [0.2, 0.25) is 0 Å². The molecule has 1 atom stereocenters. The Morgan fingerprint density at radius 2 is 2.00 bits per heavy atom. The van der Waals surface area contributed by atoms with E-state index in [9.17, 15) is 15.2 Å². The van der Waals surface area contributed by atoms with Crippen molar-refractivity contribution in [3.63, 3.8) is 0 Å². The van der Waals surface area contributed by atoms with Crippen molar-refractivity contribution in [3.8, 4) is 0 Å². The summed E-state index contributed by atoms with van der Waals surface area (Å²) in [6.07, 6.45) is -0.754. The number of fused-ring (bicyclic) bond motifs is 1. The largest absolute Gasteiger partial charge is 0.385 e. The van der Waals surface area contributed by atoms with Gasteiger partial charge in [-0.1, -0.05) is 30.3 Å². The van der Waals surface area contributed by atoms with Crippen LogP contribution in [-0.4, -0.2) is 19.6 Å². The average molecular weight is 297 g/mol. The first-order valence-electron chi connectivity index (χ1n) is 6.93. The monoisotopic (exact) mass is 297 g/mol. The Morgan fingerprint density at radius 3 is 2.64 bits per heavy atom. The van der Waals surface area contributed by atoms with Crippen LogP contribution in [0.3, 0.4) is 0 Å². The number of benzene rings is 2. The van der Waals surface area contributed by atoms with E-state index in [-0.39, 0.29) is 5.69 Å². The summed E-state index contributed by atoms with van der Waals surface area (Å²) in [4.78, 5) is 14.8. The van der Waals surface area contributed by atoms with Crippen LogP contribution in [0.15, 0.2) is 48.5 Å². The number of non-ortho nitro benzene ring substituents is 1. The summed E-state index contributed by atoms with van der Waals surface area (Å²) in [6.45, 7) is 2.19. The summed E-state index contributed by atoms with van der Waals surface area (Å²) in [6, 6.07) is 14.4. The van der Waals surface area contributed by atoms with Gasteiger partial charge < -0.3 is 9.67 Å². The summed E-state index contributed by atoms with van der Waals surface area (Å²) in [5.74, 6) is 0.499. The first-order valence-corrected chi connectivity index (χ1v) is 6.93. The quantitative estimate of drug-likeness (QED) is 0.593. The lowest BCUT2D eigenvalue weighted by Gasteiger charge is -2.11. The zero-order chi connectivity index (χ0) is 15.7. The Morgan fingerprint density at radius 1 is 1.27 bits per heavy atom. The maximum Gasteiger partial charge on any atom is 0.271 e. The predicted octanol–water partition coefficient (Wildman–Crippen LogP) is 3.05. The third-order valence-corrected chi connectivity index (χ3v) is 3.53. The van der Waals surface area contributed by atoms with Gasteiger partial charge in [-0.25, -0.2) is 4.98 Å². The van der Waals surface area contributed by atoms with Crippen LogP contribution in [0.5, 0.6) is 0 Å². The molecule has 22 heavy (non-hydrogen) atoms. The normalized spacial score (nSPS) is 12.5. The van der Waals surface area contributed by atoms with E-state index in [1.54, 1.807) is 13.0 Å². The molecule has 1 aromatic heterocycles. The third kappa shape index (κ3) is 2.56. The van der Waals surface area contributed by atoms with Gasteiger partial charge in [0.2, 0.25) is 0 Å². The van der Waals surface area contributed by atoms with Gasteiger partial charge in [-0.3, -0.25) is 10.1 Å². The van der Waals surface area contributed by atoms with E-state index in [1.165, 1.54) is 12.1 Å². The molecule has 0 amide bonds. The van der Waals surface area contributed by atoms with Gasteiger partial charge in [0.25, 0.3) is 5.69 Å². The van der Waals surface area contributed by atoms with E-state index in [1.807, 2.05) is 34.9 Å². The molecule has 0 aliphatic rings. The molecule has 0 spiro atoms. The molecule has 2 aromatic carbocycles. The van der Waals surface area contributed by atoms with Gasteiger partial charge in [0.15, 0.2) is 0 Å². The molecule has 6 nitrogen and oxygen atoms in total. The topological polar surface area (TPSA) is 81.2 Å². The molecule has 3 aromatic rings. The third-order valence-electron chi connectivity index (χ3n) is 3.53. The molecule has 0 radical (unpaired) electrons. The highest BCUT2D eigenvalue weighted by molar-refractivity contribution is 5.79. The highest BCUT2D eigenvalue weighted by Crippen LogP contribution is 2.25. The van der Waals surface area contributed by atoms with Crippen molar-refractivity contribution in [1.29, 1.82) is 0 Å². The number of hydrogen-bond acceptors (Lipinski definition) is 4. The number of nitro groups is 1. The minimum Gasteiger partial charge on any atom is -0.385 e. The summed E-state index contributed by atoms with van der Waals surface area (Å²) < 4.78 is 1.89. The lowest BCUT2D eigenvalue weighted by atomic mass is 10.2. The SMILES string of the molecule is C[C@H](O)c1nc2cc([N+](=O)[O-])ccc2n1Cc1ccccc1. The second-order valence-electron chi connectivity index (χ2n) is 5.15. The van der Waals surface area contributed by atoms with E-state index in [0.717, 1.165) is 11.1 Å². The summed E-state index contributed by atoms with van der Waals surface area (Å²) in [7, 11) is 0. The van der Waals surface area contributed by atoms with E-state index in [2.05, 4.69) is 4.98 Å². The number of aliphatic hydroxyl groups excluding tert-OH is 1. The number of rotatable bonds is 4. The van der Waals surface area contributed by atoms with Gasteiger partial charge in [0.05, 0.1) is 16.0 Å². The highest BCUT2D eigenvalue weighted by Gasteiger charge is 2.17. The zero-order valence-electron chi connectivity index (χ0n) is 12.0. The molecule has 0 saturated carbocycles. The highest BCUT2D eigenvalue weighted by atomic mass is 16.6. The number of imidazole rings is 1. The molecular weight excluding hydrogens is 282 g/mol. The molecular formula is C16H15N3O3. The van der Waals surface area contributed by atoms with Gasteiger partial charge in [0, 0.05) is 18.7 Å². The lowest BCUT2D eigenvalue weighted by molar-refractivity contribution is -0.384. The van der Waals surface area contributed by atoms with Crippen LogP contribution >= 0.6 is 0 Å². The van der Waals surface area contributed by atoms with Crippen LogP contribution in [-0.2, 0) is 6.54 Å². The van der Waals surface area contributed by atoms with Crippen LogP contribution in [0, 0.1) is 10.1 Å². The van der Waals surface area contributed by atoms with Crippen molar-refractivity contribution in [2.45, 2.75) is 19.6 Å². The summed E-state index contributed by atoms with van der Waals surface area (Å²) >= 11 is 0. The number of aromatic nitrogens is 2. The van der Waals surface area contributed by atoms with Crippen LogP contribution in [0.25, 0.3) is 11.0 Å². The fourth-order valence-electron chi connectivity index (χ4n) is 2.50. The minimum atomic E-state index is -0.754. The van der Waals surface area contributed by atoms with Crippen LogP contribution in [0.4, 0.5) is 5.69 Å². The van der Waals surface area contributed by atoms with E-state index in [4.69, 9.17) is 0 Å². The lowest BCUT2D eigenvalue weighted by Crippen LogP contribution is -2.07. The molecule has 0 aliphatic heterocycles. The molecule has 6 heteroatoms. The second-order valence-corrected chi connectivity index (χ2v) is 5.15. The Balaban J connectivity index is 2.14. The van der Waals surface area contributed by atoms with Crippen molar-refractivity contribution in [1.82, 2.24) is 9.55 Å². The van der Waals surface area contributed by atoms with E-state index in [0.29, 0.717) is 17.9 Å². The van der Waals surface area contributed by atoms with E-state index < -0.39 is 11.0 Å². The van der Waals surface area contributed by atoms with E-state index >= 15 is 0 Å². The molecule has 112 valence electrons. The number of hydrogen-bond donors (Lipinski definition) is 1. The van der Waals surface area contributed by atoms with Gasteiger partial charge in [-0.2, -0.15) is 0 Å². The molecule has 0 fully saturated rings. The molecule has 1 N–H and O–H groups in total. The molecule has 0 aliphatic carbocycles. The molecule has 0 unspecified atom stereocenters. The second kappa shape index (κ2) is 5.57. The Labute approximate surface area is 126 Å². The summed E-state index contributed by atoms with van der Waals surface area (Å²) in [5, 5.41) is 20.8. The minimum absolute atomic E-state index is 0.00555. The summed E-state index contributed by atoms with van der Waals surface area (Å²) in [5.41, 5.74) is 2.35. The Bertz CT molecular complexity index is 825. The predicted molar refractivity (Wildman–Crippen MR) is 82.6 cm³/mol.